The van der Waals surface area contributed by atoms with Crippen LogP contribution in [-0.4, -0.2) is 66.4 Å². The molecule has 1 amide bonds. The molecule has 4 rings (SSSR count). The van der Waals surface area contributed by atoms with Gasteiger partial charge < -0.3 is 20.1 Å². The number of likely N-dealkylation sites (tertiary alicyclic amines) is 1. The van der Waals surface area contributed by atoms with Crippen molar-refractivity contribution in [2.24, 2.45) is 0 Å². The topological polar surface area (TPSA) is 77.9 Å². The van der Waals surface area contributed by atoms with E-state index < -0.39 is 0 Å². The van der Waals surface area contributed by atoms with E-state index in [9.17, 15) is 9.90 Å². The van der Waals surface area contributed by atoms with Gasteiger partial charge in [0.1, 0.15) is 5.69 Å². The summed E-state index contributed by atoms with van der Waals surface area (Å²) in [5.74, 6) is -0.175. The summed E-state index contributed by atoms with van der Waals surface area (Å²) in [6, 6.07) is 11.9. The fraction of sp³-hybridized carbons (Fsp3) is 0.455. The minimum atomic E-state index is -0.230. The minimum Gasteiger partial charge on any atom is -0.392 e. The van der Waals surface area contributed by atoms with Crippen molar-refractivity contribution in [3.05, 3.63) is 59.4 Å². The van der Waals surface area contributed by atoms with E-state index >= 15 is 0 Å². The zero-order chi connectivity index (χ0) is 20.1. The fourth-order valence-electron chi connectivity index (χ4n) is 3.91. The molecular formula is C22H28N4O3. The second-order valence-electron chi connectivity index (χ2n) is 7.63. The lowest BCUT2D eigenvalue weighted by Gasteiger charge is -2.28. The molecule has 2 aliphatic rings. The number of anilines is 1. The van der Waals surface area contributed by atoms with Crippen LogP contribution in [0.5, 0.6) is 0 Å². The molecule has 29 heavy (non-hydrogen) atoms. The van der Waals surface area contributed by atoms with Crippen LogP contribution < -0.4 is 10.2 Å². The van der Waals surface area contributed by atoms with Gasteiger partial charge in [0.25, 0.3) is 5.91 Å². The van der Waals surface area contributed by atoms with Crippen molar-refractivity contribution in [2.45, 2.75) is 25.6 Å². The number of aliphatic hydroxyl groups is 1. The quantitative estimate of drug-likeness (QED) is 0.769. The second kappa shape index (κ2) is 9.35. The van der Waals surface area contributed by atoms with Crippen LogP contribution >= 0.6 is 0 Å². The summed E-state index contributed by atoms with van der Waals surface area (Å²) in [7, 11) is 0. The molecule has 2 aromatic rings. The number of carbonyl (C=O) groups excluding carboxylic acids is 1. The molecule has 7 heteroatoms. The number of hydrogen-bond donors (Lipinski definition) is 2. The van der Waals surface area contributed by atoms with E-state index in [1.165, 1.54) is 5.56 Å². The maximum absolute atomic E-state index is 12.7. The number of aromatic nitrogens is 1. The van der Waals surface area contributed by atoms with E-state index in [1.54, 1.807) is 6.20 Å². The molecule has 7 nitrogen and oxygen atoms in total. The summed E-state index contributed by atoms with van der Waals surface area (Å²) in [6.45, 7) is 5.90. The number of hydrogen-bond acceptors (Lipinski definition) is 6. The number of benzene rings is 1. The van der Waals surface area contributed by atoms with E-state index in [0.717, 1.165) is 43.9 Å². The zero-order valence-corrected chi connectivity index (χ0v) is 16.6. The molecule has 1 unspecified atom stereocenters. The Morgan fingerprint density at radius 1 is 1.17 bits per heavy atom. The first-order chi connectivity index (χ1) is 14.2. The van der Waals surface area contributed by atoms with Crippen LogP contribution in [0.15, 0.2) is 42.6 Å². The van der Waals surface area contributed by atoms with Crippen molar-refractivity contribution in [3.8, 4) is 0 Å². The molecule has 0 bridgehead atoms. The fourth-order valence-corrected chi connectivity index (χ4v) is 3.91. The van der Waals surface area contributed by atoms with Crippen molar-refractivity contribution in [3.63, 3.8) is 0 Å². The molecule has 2 aliphatic heterocycles. The highest BCUT2D eigenvalue weighted by Crippen LogP contribution is 2.18. The highest BCUT2D eigenvalue weighted by Gasteiger charge is 2.21. The Bertz CT molecular complexity index is 838. The Morgan fingerprint density at radius 3 is 2.72 bits per heavy atom. The van der Waals surface area contributed by atoms with Crippen LogP contribution in [0, 0.1) is 0 Å². The van der Waals surface area contributed by atoms with Crippen LogP contribution in [0.25, 0.3) is 0 Å². The Morgan fingerprint density at radius 2 is 1.97 bits per heavy atom. The van der Waals surface area contributed by atoms with Gasteiger partial charge >= 0.3 is 0 Å². The number of ether oxygens (including phenoxy) is 1. The van der Waals surface area contributed by atoms with E-state index in [4.69, 9.17) is 4.74 Å². The first kappa shape index (κ1) is 19.8. The van der Waals surface area contributed by atoms with Crippen molar-refractivity contribution in [1.29, 1.82) is 0 Å². The lowest BCUT2D eigenvalue weighted by atomic mass is 10.1. The number of carbonyl (C=O) groups is 1. The van der Waals surface area contributed by atoms with Crippen molar-refractivity contribution in [2.75, 3.05) is 44.3 Å². The van der Waals surface area contributed by atoms with Gasteiger partial charge in [-0.05, 0) is 29.7 Å². The third-order valence-corrected chi connectivity index (χ3v) is 5.55. The maximum atomic E-state index is 12.7. The smallest absolute Gasteiger partial charge is 0.270 e. The van der Waals surface area contributed by atoms with Crippen LogP contribution in [0.4, 0.5) is 5.69 Å². The summed E-state index contributed by atoms with van der Waals surface area (Å²) in [6.07, 6.45) is 2.28. The molecule has 2 N–H and O–H groups in total. The molecule has 3 heterocycles. The van der Waals surface area contributed by atoms with Crippen LogP contribution in [-0.2, 0) is 17.8 Å². The van der Waals surface area contributed by atoms with Crippen LogP contribution in [0.1, 0.15) is 28.0 Å². The number of β-amino-alcohol motifs (C(OH)–C–C–N with tert-alkyl or cyclic N) is 1. The summed E-state index contributed by atoms with van der Waals surface area (Å²) in [4.78, 5) is 21.4. The normalized spacial score (nSPS) is 20.0. The highest BCUT2D eigenvalue weighted by molar-refractivity contribution is 5.93. The van der Waals surface area contributed by atoms with Gasteiger partial charge in [-0.2, -0.15) is 0 Å². The molecule has 2 saturated heterocycles. The van der Waals surface area contributed by atoms with E-state index in [1.807, 2.05) is 30.3 Å². The molecule has 154 valence electrons. The monoisotopic (exact) mass is 396 g/mol. The van der Waals surface area contributed by atoms with Crippen LogP contribution in [0.2, 0.25) is 0 Å². The molecule has 0 spiro atoms. The third kappa shape index (κ3) is 5.12. The number of pyridine rings is 1. The number of aliphatic hydroxyl groups excluding tert-OH is 1. The Hall–Kier alpha value is -2.48. The lowest BCUT2D eigenvalue weighted by molar-refractivity contribution is 0.0945. The van der Waals surface area contributed by atoms with Gasteiger partial charge in [0.05, 0.1) is 19.3 Å². The molecule has 2 fully saturated rings. The summed E-state index contributed by atoms with van der Waals surface area (Å²) in [5.41, 5.74) is 3.69. The van der Waals surface area contributed by atoms with E-state index in [-0.39, 0.29) is 12.0 Å². The third-order valence-electron chi connectivity index (χ3n) is 5.55. The molecule has 0 saturated carbocycles. The highest BCUT2D eigenvalue weighted by atomic mass is 16.5. The van der Waals surface area contributed by atoms with Gasteiger partial charge in [-0.25, -0.2) is 0 Å². The number of amides is 1. The number of rotatable bonds is 6. The maximum Gasteiger partial charge on any atom is 0.270 e. The Labute approximate surface area is 171 Å². The van der Waals surface area contributed by atoms with Gasteiger partial charge in [0, 0.05) is 51.2 Å². The molecule has 0 radical (unpaired) electrons. The predicted octanol–water partition coefficient (Wildman–Crippen LogP) is 1.41. The average molecular weight is 396 g/mol. The number of nitrogens with one attached hydrogen (secondary N) is 1. The van der Waals surface area contributed by atoms with Crippen molar-refractivity contribution < 1.29 is 14.6 Å². The lowest BCUT2D eigenvalue weighted by Crippen LogP contribution is -2.36. The van der Waals surface area contributed by atoms with Gasteiger partial charge in [-0.15, -0.1) is 0 Å². The van der Waals surface area contributed by atoms with Crippen molar-refractivity contribution >= 4 is 11.6 Å². The first-order valence-electron chi connectivity index (χ1n) is 10.2. The Balaban J connectivity index is 1.38. The van der Waals surface area contributed by atoms with Gasteiger partial charge in [-0.3, -0.25) is 14.7 Å². The van der Waals surface area contributed by atoms with Gasteiger partial charge in [0.15, 0.2) is 0 Å². The minimum absolute atomic E-state index is 0.175. The molecule has 1 atom stereocenters. The predicted molar refractivity (Wildman–Crippen MR) is 111 cm³/mol. The summed E-state index contributed by atoms with van der Waals surface area (Å²) >= 11 is 0. The van der Waals surface area contributed by atoms with Crippen molar-refractivity contribution in [1.82, 2.24) is 15.2 Å². The van der Waals surface area contributed by atoms with E-state index in [0.29, 0.717) is 32.0 Å². The van der Waals surface area contributed by atoms with E-state index in [2.05, 4.69) is 26.2 Å². The molecular weight excluding hydrogens is 368 g/mol. The average Bonchev–Trinajstić information content (AvgIpc) is 3.18. The van der Waals surface area contributed by atoms with Gasteiger partial charge in [-0.1, -0.05) is 24.3 Å². The first-order valence-corrected chi connectivity index (χ1v) is 10.2. The second-order valence-corrected chi connectivity index (χ2v) is 7.63. The standard InChI is InChI=1S/C22H28N4O3/c27-20-6-8-25(16-20)15-18-4-2-1-3-17(18)14-24-22(28)21-13-19(5-7-23-21)26-9-11-29-12-10-26/h1-5,7,13,20,27H,6,8-12,14-16H2,(H,24,28). The summed E-state index contributed by atoms with van der Waals surface area (Å²) < 4.78 is 5.40. The molecule has 1 aromatic carbocycles. The SMILES string of the molecule is O=C(NCc1ccccc1CN1CCC(O)C1)c1cc(N2CCOCC2)ccn1. The number of nitrogens with zero attached hydrogens (tertiary/aromatic N) is 3. The molecule has 0 aliphatic carbocycles. The Kier molecular flexibility index (Phi) is 6.39. The van der Waals surface area contributed by atoms with Gasteiger partial charge in [0.2, 0.25) is 0 Å². The summed E-state index contributed by atoms with van der Waals surface area (Å²) in [5, 5.41) is 12.8. The zero-order valence-electron chi connectivity index (χ0n) is 16.6. The number of morpholine rings is 1. The molecule has 1 aromatic heterocycles. The largest absolute Gasteiger partial charge is 0.392 e. The van der Waals surface area contributed by atoms with Crippen LogP contribution in [0.3, 0.4) is 0 Å².